The summed E-state index contributed by atoms with van der Waals surface area (Å²) in [6.07, 6.45) is 8.68. The Labute approximate surface area is 139 Å². The topological polar surface area (TPSA) is 34.9 Å². The monoisotopic (exact) mass is 318 g/mol. The summed E-state index contributed by atoms with van der Waals surface area (Å²) in [5.74, 6) is 2.90. The minimum absolute atomic E-state index is 0.137. The molecule has 1 aromatic heterocycles. The first-order valence-corrected chi connectivity index (χ1v) is 8.09. The number of nitrogens with zero attached hydrogens (tertiary/aromatic N) is 2. The summed E-state index contributed by atoms with van der Waals surface area (Å²) < 4.78 is 1.61. The van der Waals surface area contributed by atoms with Crippen molar-refractivity contribution in [2.75, 3.05) is 5.75 Å². The van der Waals surface area contributed by atoms with Gasteiger partial charge in [-0.3, -0.25) is 9.36 Å². The molecule has 0 unspecified atom stereocenters. The molecule has 112 valence electrons. The van der Waals surface area contributed by atoms with Crippen molar-refractivity contribution >= 4 is 34.8 Å². The molecule has 0 radical (unpaired) electrons. The van der Waals surface area contributed by atoms with Crippen molar-refractivity contribution < 1.29 is 4.79 Å². The van der Waals surface area contributed by atoms with Gasteiger partial charge in [0.1, 0.15) is 0 Å². The maximum absolute atomic E-state index is 12.6. The molecule has 23 heavy (non-hydrogen) atoms. The standard InChI is InChI=1S/C19H14N2OS/c1-2-14-23-19-20-16-10-6-7-11-17(16)21(19)18(22)13-12-15-8-4-3-5-9-15/h1,3-13H,14H2/b13-12+. The number of hydrogen-bond donors (Lipinski definition) is 0. The highest BCUT2D eigenvalue weighted by Gasteiger charge is 2.14. The summed E-state index contributed by atoms with van der Waals surface area (Å²) >= 11 is 1.38. The van der Waals surface area contributed by atoms with Gasteiger partial charge in [-0.2, -0.15) is 0 Å². The lowest BCUT2D eigenvalue weighted by Crippen LogP contribution is -2.08. The van der Waals surface area contributed by atoms with Crippen LogP contribution in [-0.2, 0) is 0 Å². The second-order valence-electron chi connectivity index (χ2n) is 4.79. The van der Waals surface area contributed by atoms with Gasteiger partial charge in [0.05, 0.1) is 16.8 Å². The fraction of sp³-hybridized carbons (Fsp3) is 0.0526. The lowest BCUT2D eigenvalue weighted by atomic mass is 10.2. The van der Waals surface area contributed by atoms with Crippen molar-refractivity contribution in [1.82, 2.24) is 9.55 Å². The number of carbonyl (C=O) groups is 1. The number of fused-ring (bicyclic) bond motifs is 1. The van der Waals surface area contributed by atoms with E-state index in [1.807, 2.05) is 54.6 Å². The molecule has 0 saturated carbocycles. The van der Waals surface area contributed by atoms with Crippen LogP contribution in [0.5, 0.6) is 0 Å². The zero-order chi connectivity index (χ0) is 16.1. The number of terminal acetylenes is 1. The molecule has 3 rings (SSSR count). The minimum atomic E-state index is -0.137. The number of thioether (sulfide) groups is 1. The Bertz CT molecular complexity index is 904. The van der Waals surface area contributed by atoms with E-state index in [2.05, 4.69) is 10.9 Å². The third-order valence-corrected chi connectivity index (χ3v) is 4.10. The van der Waals surface area contributed by atoms with Crippen molar-refractivity contribution in [3.05, 3.63) is 66.2 Å². The van der Waals surface area contributed by atoms with Gasteiger partial charge in [0, 0.05) is 6.08 Å². The van der Waals surface area contributed by atoms with Crippen LogP contribution in [-0.4, -0.2) is 21.2 Å². The van der Waals surface area contributed by atoms with Gasteiger partial charge >= 0.3 is 0 Å². The predicted molar refractivity (Wildman–Crippen MR) is 95.4 cm³/mol. The molecule has 0 aliphatic carbocycles. The highest BCUT2D eigenvalue weighted by atomic mass is 32.2. The minimum Gasteiger partial charge on any atom is -0.269 e. The molecule has 0 saturated heterocycles. The zero-order valence-electron chi connectivity index (χ0n) is 12.3. The van der Waals surface area contributed by atoms with Crippen LogP contribution in [0.4, 0.5) is 0 Å². The van der Waals surface area contributed by atoms with Crippen LogP contribution in [0.1, 0.15) is 10.4 Å². The average Bonchev–Trinajstić information content (AvgIpc) is 2.97. The molecule has 1 heterocycles. The Hall–Kier alpha value is -2.77. The van der Waals surface area contributed by atoms with Crippen LogP contribution >= 0.6 is 11.8 Å². The first-order chi connectivity index (χ1) is 11.3. The van der Waals surface area contributed by atoms with E-state index in [4.69, 9.17) is 6.42 Å². The molecule has 3 aromatic rings. The normalized spacial score (nSPS) is 10.9. The van der Waals surface area contributed by atoms with Crippen molar-refractivity contribution in [3.8, 4) is 12.3 Å². The Balaban J connectivity index is 1.98. The molecule has 0 bridgehead atoms. The van der Waals surface area contributed by atoms with E-state index in [1.54, 1.807) is 16.7 Å². The fourth-order valence-electron chi connectivity index (χ4n) is 2.23. The summed E-state index contributed by atoms with van der Waals surface area (Å²) in [5, 5.41) is 0.617. The van der Waals surface area contributed by atoms with E-state index < -0.39 is 0 Å². The fourth-order valence-corrected chi connectivity index (χ4v) is 2.92. The lowest BCUT2D eigenvalue weighted by molar-refractivity contribution is 0.0965. The molecule has 4 heteroatoms. The molecule has 0 aliphatic heterocycles. The van der Waals surface area contributed by atoms with Crippen molar-refractivity contribution in [2.45, 2.75) is 5.16 Å². The Morgan fingerprint density at radius 3 is 2.70 bits per heavy atom. The quantitative estimate of drug-likeness (QED) is 0.412. The number of imidazole rings is 1. The van der Waals surface area contributed by atoms with Gasteiger partial charge in [-0.1, -0.05) is 60.1 Å². The van der Waals surface area contributed by atoms with Crippen LogP contribution < -0.4 is 0 Å². The molecule has 3 nitrogen and oxygen atoms in total. The average molecular weight is 318 g/mol. The maximum atomic E-state index is 12.6. The summed E-state index contributed by atoms with van der Waals surface area (Å²) in [6, 6.07) is 17.3. The molecule has 0 atom stereocenters. The van der Waals surface area contributed by atoms with Crippen molar-refractivity contribution in [2.24, 2.45) is 0 Å². The molecule has 0 N–H and O–H groups in total. The number of benzene rings is 2. The molecule has 0 fully saturated rings. The molecule has 0 amide bonds. The van der Waals surface area contributed by atoms with Crippen LogP contribution in [0.25, 0.3) is 17.1 Å². The van der Waals surface area contributed by atoms with E-state index in [9.17, 15) is 4.79 Å². The van der Waals surface area contributed by atoms with E-state index in [0.717, 1.165) is 16.6 Å². The number of allylic oxidation sites excluding steroid dienone is 1. The van der Waals surface area contributed by atoms with E-state index in [0.29, 0.717) is 10.9 Å². The molecular formula is C19H14N2OS. The van der Waals surface area contributed by atoms with Crippen LogP contribution in [0, 0.1) is 12.3 Å². The summed E-state index contributed by atoms with van der Waals surface area (Å²) in [4.78, 5) is 17.2. The lowest BCUT2D eigenvalue weighted by Gasteiger charge is -2.03. The third kappa shape index (κ3) is 3.36. The van der Waals surface area contributed by atoms with Crippen LogP contribution in [0.15, 0.2) is 65.8 Å². The third-order valence-electron chi connectivity index (χ3n) is 3.25. The Kier molecular flexibility index (Phi) is 4.60. The SMILES string of the molecule is C#CCSc1nc2ccccc2n1C(=O)/C=C/c1ccccc1. The van der Waals surface area contributed by atoms with E-state index >= 15 is 0 Å². The first kappa shape index (κ1) is 15.1. The maximum Gasteiger partial charge on any atom is 0.257 e. The number of hydrogen-bond acceptors (Lipinski definition) is 3. The Morgan fingerprint density at radius 1 is 1.17 bits per heavy atom. The molecular weight excluding hydrogens is 304 g/mol. The zero-order valence-corrected chi connectivity index (χ0v) is 13.2. The van der Waals surface area contributed by atoms with E-state index in [-0.39, 0.29) is 5.91 Å². The second kappa shape index (κ2) is 6.99. The van der Waals surface area contributed by atoms with Crippen LogP contribution in [0.2, 0.25) is 0 Å². The highest BCUT2D eigenvalue weighted by molar-refractivity contribution is 7.99. The molecule has 0 spiro atoms. The summed E-state index contributed by atoms with van der Waals surface area (Å²) in [7, 11) is 0. The van der Waals surface area contributed by atoms with Gasteiger partial charge < -0.3 is 0 Å². The van der Waals surface area contributed by atoms with Crippen molar-refractivity contribution in [3.63, 3.8) is 0 Å². The molecule has 0 aliphatic rings. The summed E-state index contributed by atoms with van der Waals surface area (Å²) in [6.45, 7) is 0. The summed E-state index contributed by atoms with van der Waals surface area (Å²) in [5.41, 5.74) is 2.55. The number of para-hydroxylation sites is 2. The Morgan fingerprint density at radius 2 is 1.91 bits per heavy atom. The van der Waals surface area contributed by atoms with Crippen molar-refractivity contribution in [1.29, 1.82) is 0 Å². The smallest absolute Gasteiger partial charge is 0.257 e. The van der Waals surface area contributed by atoms with E-state index in [1.165, 1.54) is 11.8 Å². The first-order valence-electron chi connectivity index (χ1n) is 7.11. The van der Waals surface area contributed by atoms with Gasteiger partial charge in [-0.15, -0.1) is 6.42 Å². The van der Waals surface area contributed by atoms with Gasteiger partial charge in [0.15, 0.2) is 5.16 Å². The van der Waals surface area contributed by atoms with Gasteiger partial charge in [0.2, 0.25) is 0 Å². The number of carbonyl (C=O) groups excluding carboxylic acids is 1. The second-order valence-corrected chi connectivity index (χ2v) is 5.74. The number of rotatable bonds is 4. The largest absolute Gasteiger partial charge is 0.269 e. The highest BCUT2D eigenvalue weighted by Crippen LogP contribution is 2.24. The molecule has 2 aromatic carbocycles. The number of aromatic nitrogens is 2. The van der Waals surface area contributed by atoms with Gasteiger partial charge in [-0.25, -0.2) is 4.98 Å². The predicted octanol–water partition coefficient (Wildman–Crippen LogP) is 4.12. The van der Waals surface area contributed by atoms with Gasteiger partial charge in [-0.05, 0) is 23.8 Å². The van der Waals surface area contributed by atoms with Crippen LogP contribution in [0.3, 0.4) is 0 Å². The van der Waals surface area contributed by atoms with Gasteiger partial charge in [0.25, 0.3) is 5.91 Å².